The van der Waals surface area contributed by atoms with Gasteiger partial charge < -0.3 is 20.9 Å². The molecule has 0 unspecified atom stereocenters. The third-order valence-corrected chi connectivity index (χ3v) is 3.81. The summed E-state index contributed by atoms with van der Waals surface area (Å²) in [7, 11) is 0. The molecule has 2 aromatic heterocycles. The molecule has 1 saturated carbocycles. The van der Waals surface area contributed by atoms with Crippen LogP contribution in [0.3, 0.4) is 0 Å². The largest absolute Gasteiger partial charge is 0.397 e. The number of rotatable bonds is 5. The molecule has 100 valence electrons. The number of carbonyl (C=O) groups excluding carboxylic acids is 1. The van der Waals surface area contributed by atoms with Crippen LogP contribution in [-0.2, 0) is 6.54 Å². The minimum absolute atomic E-state index is 0.0994. The molecule has 0 radical (unpaired) electrons. The summed E-state index contributed by atoms with van der Waals surface area (Å²) in [6.07, 6.45) is 3.38. The van der Waals surface area contributed by atoms with Gasteiger partial charge >= 0.3 is 0 Å². The van der Waals surface area contributed by atoms with Crippen molar-refractivity contribution in [2.24, 2.45) is 0 Å². The Morgan fingerprint density at radius 2 is 2.42 bits per heavy atom. The minimum Gasteiger partial charge on any atom is -0.397 e. The van der Waals surface area contributed by atoms with Crippen LogP contribution in [-0.4, -0.2) is 22.1 Å². The zero-order chi connectivity index (χ0) is 13.2. The van der Waals surface area contributed by atoms with Crippen molar-refractivity contribution >= 4 is 27.9 Å². The summed E-state index contributed by atoms with van der Waals surface area (Å²) in [6, 6.07) is 2.07. The number of hydrogen-bond donors (Lipinski definition) is 3. The van der Waals surface area contributed by atoms with Crippen LogP contribution < -0.4 is 16.4 Å². The first-order valence-corrected chi connectivity index (χ1v) is 6.73. The highest BCUT2D eigenvalue weighted by molar-refractivity contribution is 7.18. The molecule has 3 rings (SSSR count). The predicted molar refractivity (Wildman–Crippen MR) is 70.8 cm³/mol. The Morgan fingerprint density at radius 3 is 3.11 bits per heavy atom. The maximum atomic E-state index is 11.9. The molecule has 8 heteroatoms. The number of nitrogen functional groups attached to an aromatic ring is 1. The third-order valence-electron chi connectivity index (χ3n) is 2.71. The Labute approximate surface area is 113 Å². The van der Waals surface area contributed by atoms with Gasteiger partial charge in [0.2, 0.25) is 6.39 Å². The monoisotopic (exact) mass is 279 g/mol. The van der Waals surface area contributed by atoms with E-state index >= 15 is 0 Å². The van der Waals surface area contributed by atoms with Gasteiger partial charge in [-0.15, -0.1) is 11.3 Å². The summed E-state index contributed by atoms with van der Waals surface area (Å²) in [6.45, 7) is 0.431. The predicted octanol–water partition coefficient (Wildman–Crippen LogP) is 1.22. The molecule has 2 aromatic rings. The number of anilines is 2. The van der Waals surface area contributed by atoms with Gasteiger partial charge in [0.15, 0.2) is 5.82 Å². The maximum Gasteiger partial charge on any atom is 0.263 e. The zero-order valence-electron chi connectivity index (χ0n) is 10.0. The van der Waals surface area contributed by atoms with Gasteiger partial charge in [-0.25, -0.2) is 0 Å². The van der Waals surface area contributed by atoms with Crippen molar-refractivity contribution in [1.82, 2.24) is 15.5 Å². The highest BCUT2D eigenvalue weighted by Gasteiger charge is 2.25. The molecule has 2 heterocycles. The van der Waals surface area contributed by atoms with Crippen LogP contribution in [0.25, 0.3) is 0 Å². The highest BCUT2D eigenvalue weighted by atomic mass is 32.1. The Morgan fingerprint density at radius 1 is 1.58 bits per heavy atom. The van der Waals surface area contributed by atoms with Gasteiger partial charge in [0.1, 0.15) is 4.88 Å². The molecule has 19 heavy (non-hydrogen) atoms. The number of amides is 1. The lowest BCUT2D eigenvalue weighted by molar-refractivity contribution is 0.0956. The second-order valence-electron chi connectivity index (χ2n) is 4.34. The van der Waals surface area contributed by atoms with Gasteiger partial charge in [0.25, 0.3) is 5.91 Å². The van der Waals surface area contributed by atoms with E-state index in [0.29, 0.717) is 29.0 Å². The molecule has 1 amide bonds. The second kappa shape index (κ2) is 4.88. The minimum atomic E-state index is -0.0994. The van der Waals surface area contributed by atoms with E-state index in [-0.39, 0.29) is 5.91 Å². The van der Waals surface area contributed by atoms with Crippen LogP contribution >= 0.6 is 11.3 Å². The van der Waals surface area contributed by atoms with Crippen LogP contribution in [0.15, 0.2) is 17.0 Å². The number of nitrogens with zero attached hydrogens (tertiary/aromatic N) is 2. The molecule has 0 bridgehead atoms. The summed E-state index contributed by atoms with van der Waals surface area (Å²) in [5.74, 6) is 0.452. The van der Waals surface area contributed by atoms with Gasteiger partial charge in [-0.1, -0.05) is 5.16 Å². The second-order valence-corrected chi connectivity index (χ2v) is 5.40. The lowest BCUT2D eigenvalue weighted by Gasteiger charge is -2.00. The van der Waals surface area contributed by atoms with E-state index in [1.165, 1.54) is 17.7 Å². The summed E-state index contributed by atoms with van der Waals surface area (Å²) < 4.78 is 4.63. The van der Waals surface area contributed by atoms with Crippen molar-refractivity contribution in [2.75, 3.05) is 11.1 Å². The molecule has 1 aliphatic rings. The van der Waals surface area contributed by atoms with Crippen LogP contribution in [0.5, 0.6) is 0 Å². The zero-order valence-corrected chi connectivity index (χ0v) is 10.9. The molecule has 0 aliphatic heterocycles. The third kappa shape index (κ3) is 2.84. The molecular weight excluding hydrogens is 266 g/mol. The van der Waals surface area contributed by atoms with Crippen LogP contribution in [0, 0.1) is 0 Å². The lowest BCUT2D eigenvalue weighted by Crippen LogP contribution is -2.25. The summed E-state index contributed by atoms with van der Waals surface area (Å²) in [5.41, 5.74) is 6.33. The maximum absolute atomic E-state index is 11.9. The first-order valence-electron chi connectivity index (χ1n) is 5.91. The van der Waals surface area contributed by atoms with Crippen molar-refractivity contribution in [1.29, 1.82) is 0 Å². The molecule has 0 saturated heterocycles. The Balaban J connectivity index is 1.64. The Bertz CT molecular complexity index is 576. The van der Waals surface area contributed by atoms with E-state index in [0.717, 1.165) is 17.8 Å². The van der Waals surface area contributed by atoms with Crippen LogP contribution in [0.1, 0.15) is 28.3 Å². The topological polar surface area (TPSA) is 106 Å². The van der Waals surface area contributed by atoms with Crippen LogP contribution in [0.4, 0.5) is 10.7 Å². The number of hydrogen-bond acceptors (Lipinski definition) is 7. The van der Waals surface area contributed by atoms with E-state index < -0.39 is 0 Å². The standard InChI is InChI=1S/C11H13N5O2S/c12-7-3-9(13-4-8-14-5-18-16-8)19-10(7)11(17)15-6-1-2-6/h3,5-6,13H,1-2,4,12H2,(H,15,17). The first kappa shape index (κ1) is 12.0. The molecule has 0 atom stereocenters. The number of aromatic nitrogens is 2. The van der Waals surface area contributed by atoms with E-state index in [4.69, 9.17) is 5.73 Å². The fraction of sp³-hybridized carbons (Fsp3) is 0.364. The molecular formula is C11H13N5O2S. The van der Waals surface area contributed by atoms with Gasteiger partial charge in [0.05, 0.1) is 17.2 Å². The molecule has 1 aliphatic carbocycles. The van der Waals surface area contributed by atoms with Gasteiger partial charge in [-0.3, -0.25) is 4.79 Å². The summed E-state index contributed by atoms with van der Waals surface area (Å²) >= 11 is 1.32. The SMILES string of the molecule is Nc1cc(NCc2ncon2)sc1C(=O)NC1CC1. The first-order chi connectivity index (χ1) is 9.22. The summed E-state index contributed by atoms with van der Waals surface area (Å²) in [5, 5.41) is 10.5. The molecule has 1 fully saturated rings. The van der Waals surface area contributed by atoms with Gasteiger partial charge in [-0.2, -0.15) is 4.98 Å². The van der Waals surface area contributed by atoms with Crippen molar-refractivity contribution in [2.45, 2.75) is 25.4 Å². The fourth-order valence-electron chi connectivity index (χ4n) is 1.58. The highest BCUT2D eigenvalue weighted by Crippen LogP contribution is 2.30. The normalized spacial score (nSPS) is 14.3. The summed E-state index contributed by atoms with van der Waals surface area (Å²) in [4.78, 5) is 16.4. The smallest absolute Gasteiger partial charge is 0.263 e. The van der Waals surface area contributed by atoms with E-state index in [9.17, 15) is 4.79 Å². The van der Waals surface area contributed by atoms with Gasteiger partial charge in [-0.05, 0) is 18.9 Å². The molecule has 4 N–H and O–H groups in total. The van der Waals surface area contributed by atoms with Crippen molar-refractivity contribution in [3.05, 3.63) is 23.2 Å². The van der Waals surface area contributed by atoms with Crippen molar-refractivity contribution in [3.8, 4) is 0 Å². The number of nitrogens with two attached hydrogens (primary N) is 1. The lowest BCUT2D eigenvalue weighted by atomic mass is 10.3. The fourth-order valence-corrected chi connectivity index (χ4v) is 2.46. The number of nitrogens with one attached hydrogen (secondary N) is 2. The molecule has 7 nitrogen and oxygen atoms in total. The Kier molecular flexibility index (Phi) is 3.08. The number of thiophene rings is 1. The van der Waals surface area contributed by atoms with Crippen molar-refractivity contribution < 1.29 is 9.32 Å². The van der Waals surface area contributed by atoms with Crippen molar-refractivity contribution in [3.63, 3.8) is 0 Å². The van der Waals surface area contributed by atoms with E-state index in [1.807, 2.05) is 0 Å². The molecule has 0 spiro atoms. The quantitative estimate of drug-likeness (QED) is 0.759. The van der Waals surface area contributed by atoms with Crippen LogP contribution in [0.2, 0.25) is 0 Å². The molecule has 0 aromatic carbocycles. The Hall–Kier alpha value is -2.09. The van der Waals surface area contributed by atoms with E-state index in [1.54, 1.807) is 6.07 Å². The average molecular weight is 279 g/mol. The average Bonchev–Trinajstić information content (AvgIpc) is 2.92. The van der Waals surface area contributed by atoms with E-state index in [2.05, 4.69) is 25.3 Å². The van der Waals surface area contributed by atoms with Gasteiger partial charge in [0, 0.05) is 6.04 Å². The number of carbonyl (C=O) groups is 1.